The van der Waals surface area contributed by atoms with E-state index >= 15 is 0 Å². The third-order valence-corrected chi connectivity index (χ3v) is 6.48. The fraction of sp³-hybridized carbons (Fsp3) is 0.211. The number of methoxy groups -OCH3 is 1. The molecule has 140 valence electrons. The van der Waals surface area contributed by atoms with E-state index in [0.29, 0.717) is 36.8 Å². The Morgan fingerprint density at radius 3 is 2.56 bits per heavy atom. The molecule has 4 rings (SSSR count). The van der Waals surface area contributed by atoms with E-state index in [2.05, 4.69) is 14.9 Å². The van der Waals surface area contributed by atoms with E-state index in [1.165, 1.54) is 4.31 Å². The number of sulfonamides is 1. The van der Waals surface area contributed by atoms with E-state index in [-0.39, 0.29) is 4.90 Å². The van der Waals surface area contributed by atoms with Crippen LogP contribution in [0.1, 0.15) is 5.69 Å². The maximum atomic E-state index is 13.5. The predicted octanol–water partition coefficient (Wildman–Crippen LogP) is 2.63. The van der Waals surface area contributed by atoms with Crippen molar-refractivity contribution in [3.8, 4) is 5.75 Å². The number of nitrogens with one attached hydrogen (secondary N) is 1. The van der Waals surface area contributed by atoms with Crippen molar-refractivity contribution in [2.45, 2.75) is 11.4 Å². The van der Waals surface area contributed by atoms with Crippen LogP contribution < -0.4 is 13.9 Å². The van der Waals surface area contributed by atoms with Crippen molar-refractivity contribution in [3.63, 3.8) is 0 Å². The van der Waals surface area contributed by atoms with E-state index in [9.17, 15) is 8.42 Å². The lowest BCUT2D eigenvalue weighted by atomic mass is 10.2. The Labute approximate surface area is 158 Å². The number of fused-ring (bicyclic) bond motifs is 1. The molecule has 0 saturated carbocycles. The third kappa shape index (κ3) is 3.12. The second kappa shape index (κ2) is 6.96. The molecule has 1 N–H and O–H groups in total. The van der Waals surface area contributed by atoms with Gasteiger partial charge >= 0.3 is 0 Å². The minimum Gasteiger partial charge on any atom is -0.495 e. The number of anilines is 2. The molecule has 7 nitrogen and oxygen atoms in total. The highest BCUT2D eigenvalue weighted by atomic mass is 32.2. The van der Waals surface area contributed by atoms with E-state index in [0.717, 1.165) is 5.69 Å². The summed E-state index contributed by atoms with van der Waals surface area (Å²) in [7, 11) is -2.19. The minimum atomic E-state index is -3.73. The van der Waals surface area contributed by atoms with Crippen LogP contribution in [0.2, 0.25) is 0 Å². The monoisotopic (exact) mass is 384 g/mol. The van der Waals surface area contributed by atoms with Crippen LogP contribution >= 0.6 is 0 Å². The van der Waals surface area contributed by atoms with Crippen LogP contribution in [0.5, 0.6) is 5.75 Å². The number of aromatic nitrogens is 2. The molecule has 0 radical (unpaired) electrons. The summed E-state index contributed by atoms with van der Waals surface area (Å²) in [5.74, 6) is 0.528. The van der Waals surface area contributed by atoms with Crippen LogP contribution in [0.4, 0.5) is 11.4 Å². The van der Waals surface area contributed by atoms with Gasteiger partial charge in [0.05, 0.1) is 43.6 Å². The van der Waals surface area contributed by atoms with Crippen LogP contribution in [0.3, 0.4) is 0 Å². The van der Waals surface area contributed by atoms with Gasteiger partial charge in [-0.15, -0.1) is 0 Å². The number of para-hydroxylation sites is 3. The Morgan fingerprint density at radius 1 is 1.07 bits per heavy atom. The molecule has 0 unspecified atom stereocenters. The first-order valence-electron chi connectivity index (χ1n) is 8.58. The highest BCUT2D eigenvalue weighted by molar-refractivity contribution is 7.93. The Kier molecular flexibility index (Phi) is 4.49. The fourth-order valence-corrected chi connectivity index (χ4v) is 5.02. The third-order valence-electron chi connectivity index (χ3n) is 4.62. The van der Waals surface area contributed by atoms with Gasteiger partial charge in [0.1, 0.15) is 10.6 Å². The van der Waals surface area contributed by atoms with E-state index < -0.39 is 10.0 Å². The molecule has 2 heterocycles. The van der Waals surface area contributed by atoms with Gasteiger partial charge in [-0.1, -0.05) is 24.3 Å². The molecule has 2 aromatic carbocycles. The molecule has 0 bridgehead atoms. The summed E-state index contributed by atoms with van der Waals surface area (Å²) < 4.78 is 33.8. The Balaban J connectivity index is 1.81. The zero-order chi connectivity index (χ0) is 18.9. The summed E-state index contributed by atoms with van der Waals surface area (Å²) in [5.41, 5.74) is 2.15. The molecule has 1 aliphatic rings. The van der Waals surface area contributed by atoms with Gasteiger partial charge < -0.3 is 14.6 Å². The molecule has 0 spiro atoms. The normalized spacial score (nSPS) is 15.9. The molecule has 1 aliphatic heterocycles. The predicted molar refractivity (Wildman–Crippen MR) is 104 cm³/mol. The number of hydrogen-bond donors (Lipinski definition) is 1. The average molecular weight is 384 g/mol. The van der Waals surface area contributed by atoms with Crippen molar-refractivity contribution in [2.75, 3.05) is 29.4 Å². The van der Waals surface area contributed by atoms with Crippen molar-refractivity contribution < 1.29 is 13.2 Å². The molecule has 0 aliphatic carbocycles. The maximum Gasteiger partial charge on any atom is 0.266 e. The molecular formula is C19H20N4O3S. The molecule has 1 aromatic heterocycles. The highest BCUT2D eigenvalue weighted by Crippen LogP contribution is 2.37. The second-order valence-corrected chi connectivity index (χ2v) is 8.05. The lowest BCUT2D eigenvalue weighted by Crippen LogP contribution is -2.35. The molecule has 8 heteroatoms. The highest BCUT2D eigenvalue weighted by Gasteiger charge is 2.34. The van der Waals surface area contributed by atoms with Gasteiger partial charge in [0.25, 0.3) is 10.0 Å². The zero-order valence-electron chi connectivity index (χ0n) is 14.9. The zero-order valence-corrected chi connectivity index (χ0v) is 15.7. The smallest absolute Gasteiger partial charge is 0.266 e. The number of hydrogen-bond acceptors (Lipinski definition) is 5. The van der Waals surface area contributed by atoms with Gasteiger partial charge in [-0.05, 0) is 24.3 Å². The maximum absolute atomic E-state index is 13.5. The Hall–Kier alpha value is -3.00. The van der Waals surface area contributed by atoms with Gasteiger partial charge in [-0.3, -0.25) is 4.31 Å². The van der Waals surface area contributed by atoms with Crippen LogP contribution in [0.25, 0.3) is 0 Å². The number of H-pyrrole nitrogens is 1. The molecule has 0 amide bonds. The van der Waals surface area contributed by atoms with Gasteiger partial charge in [-0.2, -0.15) is 0 Å². The van der Waals surface area contributed by atoms with Crippen molar-refractivity contribution in [2.24, 2.45) is 0 Å². The first-order valence-corrected chi connectivity index (χ1v) is 10.0. The van der Waals surface area contributed by atoms with E-state index in [1.807, 2.05) is 24.3 Å². The Bertz CT molecular complexity index is 1030. The minimum absolute atomic E-state index is 0.285. The number of nitrogens with zero attached hydrogens (tertiary/aromatic N) is 3. The standard InChI is InChI=1S/C19H20N4O3S/c1-26-18-8-4-2-6-16(18)23-11-10-22(13-15-12-20-14-21-15)17-7-3-5-9-19(17)27(23,24)25/h2-9,12,14H,10-11,13H2,1H3,(H,20,21). The molecule has 0 atom stereocenters. The summed E-state index contributed by atoms with van der Waals surface area (Å²) in [5, 5.41) is 0. The van der Waals surface area contributed by atoms with Crippen molar-refractivity contribution in [1.82, 2.24) is 9.97 Å². The number of ether oxygens (including phenoxy) is 1. The lowest BCUT2D eigenvalue weighted by Gasteiger charge is -2.24. The van der Waals surface area contributed by atoms with Gasteiger partial charge in [0, 0.05) is 12.7 Å². The van der Waals surface area contributed by atoms with Crippen molar-refractivity contribution in [3.05, 3.63) is 66.7 Å². The number of rotatable bonds is 4. The summed E-state index contributed by atoms with van der Waals surface area (Å²) >= 11 is 0. The summed E-state index contributed by atoms with van der Waals surface area (Å²) in [4.78, 5) is 9.47. The first-order chi connectivity index (χ1) is 13.1. The molecule has 27 heavy (non-hydrogen) atoms. The summed E-state index contributed by atoms with van der Waals surface area (Å²) in [6.45, 7) is 1.39. The summed E-state index contributed by atoms with van der Waals surface area (Å²) in [6.07, 6.45) is 3.37. The topological polar surface area (TPSA) is 78.5 Å². The first kappa shape index (κ1) is 17.4. The van der Waals surface area contributed by atoms with Crippen molar-refractivity contribution >= 4 is 21.4 Å². The molecule has 3 aromatic rings. The average Bonchev–Trinajstić information content (AvgIpc) is 3.17. The lowest BCUT2D eigenvalue weighted by molar-refractivity contribution is 0.415. The van der Waals surface area contributed by atoms with Gasteiger partial charge in [-0.25, -0.2) is 13.4 Å². The van der Waals surface area contributed by atoms with Crippen LogP contribution in [-0.4, -0.2) is 38.6 Å². The van der Waals surface area contributed by atoms with E-state index in [1.54, 1.807) is 43.9 Å². The Morgan fingerprint density at radius 2 is 1.81 bits per heavy atom. The molecule has 0 fully saturated rings. The quantitative estimate of drug-likeness (QED) is 0.748. The number of aromatic amines is 1. The van der Waals surface area contributed by atoms with Crippen molar-refractivity contribution in [1.29, 1.82) is 0 Å². The summed E-state index contributed by atoms with van der Waals surface area (Å²) in [6, 6.07) is 14.3. The molecular weight excluding hydrogens is 364 g/mol. The molecule has 0 saturated heterocycles. The number of benzene rings is 2. The largest absolute Gasteiger partial charge is 0.495 e. The SMILES string of the molecule is COc1ccccc1N1CCN(Cc2cnc[nH]2)c2ccccc2S1(=O)=O. The van der Waals surface area contributed by atoms with Gasteiger partial charge in [0.15, 0.2) is 0 Å². The number of imidazole rings is 1. The van der Waals surface area contributed by atoms with Crippen LogP contribution in [-0.2, 0) is 16.6 Å². The van der Waals surface area contributed by atoms with Gasteiger partial charge in [0.2, 0.25) is 0 Å². The van der Waals surface area contributed by atoms with E-state index in [4.69, 9.17) is 4.74 Å². The van der Waals surface area contributed by atoms with Crippen LogP contribution in [0.15, 0.2) is 66.0 Å². The van der Waals surface area contributed by atoms with Crippen LogP contribution in [0, 0.1) is 0 Å². The second-order valence-electron chi connectivity index (χ2n) is 6.22. The fourth-order valence-electron chi connectivity index (χ4n) is 3.33.